The fourth-order valence-corrected chi connectivity index (χ4v) is 3.51. The van der Waals surface area contributed by atoms with Gasteiger partial charge in [-0.15, -0.1) is 5.10 Å². The molecule has 4 rings (SSSR count). The zero-order valence-electron chi connectivity index (χ0n) is 14.3. The number of carboxylic acid groups (broad SMARTS) is 1. The highest BCUT2D eigenvalue weighted by Crippen LogP contribution is 2.31. The van der Waals surface area contributed by atoms with Crippen LogP contribution in [0.1, 0.15) is 24.0 Å². The SMILES string of the molecule is Cc1nnc(N[C@@H]2C[C@H]3CO[C@@H](c4ccc(Cl)cc4)CN3C2)o1.O=CO. The van der Waals surface area contributed by atoms with E-state index in [0.717, 1.165) is 31.1 Å². The third-order valence-electron chi connectivity index (χ3n) is 4.51. The molecule has 3 atom stereocenters. The molecule has 0 unspecified atom stereocenters. The molecule has 3 heterocycles. The summed E-state index contributed by atoms with van der Waals surface area (Å²) in [6.07, 6.45) is 1.13. The highest BCUT2D eigenvalue weighted by Gasteiger charge is 2.38. The van der Waals surface area contributed by atoms with Crippen LogP contribution in [0.25, 0.3) is 0 Å². The molecule has 2 saturated heterocycles. The summed E-state index contributed by atoms with van der Waals surface area (Å²) in [5.74, 6) is 0.578. The summed E-state index contributed by atoms with van der Waals surface area (Å²) in [5, 5.41) is 18.8. The van der Waals surface area contributed by atoms with Gasteiger partial charge in [0.2, 0.25) is 5.89 Å². The number of rotatable bonds is 3. The number of hydrogen-bond acceptors (Lipinski definition) is 7. The van der Waals surface area contributed by atoms with E-state index in [1.165, 1.54) is 5.56 Å². The Balaban J connectivity index is 0.000000613. The Morgan fingerprint density at radius 3 is 2.69 bits per heavy atom. The van der Waals surface area contributed by atoms with Gasteiger partial charge in [-0.2, -0.15) is 0 Å². The number of carbonyl (C=O) groups is 1. The standard InChI is InChI=1S/C16H19ClN4O2.CH2O2/c1-10-19-20-16(23-10)18-13-6-14-9-22-15(8-21(14)7-13)11-2-4-12(17)5-3-11;2-1-3/h2-5,13-15H,6-9H2,1H3,(H,18,20);1H,(H,2,3)/t13-,14+,15-;/m1./s1. The summed E-state index contributed by atoms with van der Waals surface area (Å²) in [4.78, 5) is 10.8. The molecule has 26 heavy (non-hydrogen) atoms. The van der Waals surface area contributed by atoms with Gasteiger partial charge >= 0.3 is 6.01 Å². The predicted octanol–water partition coefficient (Wildman–Crippen LogP) is 2.36. The number of anilines is 1. The van der Waals surface area contributed by atoms with Gasteiger partial charge < -0.3 is 19.6 Å². The summed E-state index contributed by atoms with van der Waals surface area (Å²) in [6, 6.07) is 9.17. The monoisotopic (exact) mass is 380 g/mol. The first-order valence-corrected chi connectivity index (χ1v) is 8.72. The van der Waals surface area contributed by atoms with Crippen LogP contribution in [0, 0.1) is 6.92 Å². The second-order valence-corrected chi connectivity index (χ2v) is 6.73. The van der Waals surface area contributed by atoms with Crippen LogP contribution in [0.3, 0.4) is 0 Å². The van der Waals surface area contributed by atoms with Crippen LogP contribution in [0.5, 0.6) is 0 Å². The molecule has 2 N–H and O–H groups in total. The summed E-state index contributed by atoms with van der Waals surface area (Å²) in [7, 11) is 0. The number of aryl methyl sites for hydroxylation is 1. The van der Waals surface area contributed by atoms with E-state index in [1.54, 1.807) is 6.92 Å². The van der Waals surface area contributed by atoms with Crippen molar-refractivity contribution in [2.45, 2.75) is 31.5 Å². The first-order valence-electron chi connectivity index (χ1n) is 8.34. The number of benzene rings is 1. The molecule has 140 valence electrons. The van der Waals surface area contributed by atoms with E-state index in [0.29, 0.717) is 24.0 Å². The largest absolute Gasteiger partial charge is 0.483 e. The van der Waals surface area contributed by atoms with Gasteiger partial charge in [-0.25, -0.2) is 0 Å². The molecule has 0 radical (unpaired) electrons. The van der Waals surface area contributed by atoms with Gasteiger partial charge in [0.15, 0.2) is 0 Å². The summed E-state index contributed by atoms with van der Waals surface area (Å²) < 4.78 is 11.5. The Morgan fingerprint density at radius 2 is 2.04 bits per heavy atom. The van der Waals surface area contributed by atoms with Gasteiger partial charge in [-0.05, 0) is 24.1 Å². The van der Waals surface area contributed by atoms with Crippen LogP contribution in [-0.4, -0.2) is 58.5 Å². The number of halogens is 1. The maximum absolute atomic E-state index is 8.36. The van der Waals surface area contributed by atoms with Crippen LogP contribution in [-0.2, 0) is 9.53 Å². The Labute approximate surface area is 156 Å². The molecule has 2 aliphatic rings. The lowest BCUT2D eigenvalue weighted by atomic mass is 10.1. The van der Waals surface area contributed by atoms with Crippen molar-refractivity contribution in [1.29, 1.82) is 0 Å². The number of hydrogen-bond donors (Lipinski definition) is 2. The average molecular weight is 381 g/mol. The van der Waals surface area contributed by atoms with Gasteiger partial charge in [0.1, 0.15) is 0 Å². The van der Waals surface area contributed by atoms with E-state index in [1.807, 2.05) is 24.3 Å². The van der Waals surface area contributed by atoms with Crippen molar-refractivity contribution in [1.82, 2.24) is 15.1 Å². The minimum Gasteiger partial charge on any atom is -0.483 e. The number of fused-ring (bicyclic) bond motifs is 1. The van der Waals surface area contributed by atoms with E-state index in [2.05, 4.69) is 20.4 Å². The first kappa shape index (κ1) is 18.6. The minimum atomic E-state index is -0.250. The molecule has 0 bridgehead atoms. The molecule has 0 saturated carbocycles. The second-order valence-electron chi connectivity index (χ2n) is 6.29. The van der Waals surface area contributed by atoms with Crippen LogP contribution in [0.15, 0.2) is 28.7 Å². The third-order valence-corrected chi connectivity index (χ3v) is 4.77. The molecule has 2 fully saturated rings. The quantitative estimate of drug-likeness (QED) is 0.782. The van der Waals surface area contributed by atoms with Crippen molar-refractivity contribution < 1.29 is 19.1 Å². The Kier molecular flexibility index (Phi) is 6.08. The van der Waals surface area contributed by atoms with E-state index < -0.39 is 0 Å². The fraction of sp³-hybridized carbons (Fsp3) is 0.471. The van der Waals surface area contributed by atoms with E-state index in [-0.39, 0.29) is 12.6 Å². The number of morpholine rings is 1. The average Bonchev–Trinajstić information content (AvgIpc) is 3.21. The third kappa shape index (κ3) is 4.51. The lowest BCUT2D eigenvalue weighted by Gasteiger charge is -2.35. The van der Waals surface area contributed by atoms with Crippen molar-refractivity contribution in [3.8, 4) is 0 Å². The van der Waals surface area contributed by atoms with E-state index in [4.69, 9.17) is 30.7 Å². The Morgan fingerprint density at radius 1 is 1.31 bits per heavy atom. The van der Waals surface area contributed by atoms with Crippen LogP contribution < -0.4 is 5.32 Å². The molecular weight excluding hydrogens is 360 g/mol. The molecule has 1 aromatic heterocycles. The van der Waals surface area contributed by atoms with E-state index in [9.17, 15) is 0 Å². The van der Waals surface area contributed by atoms with Crippen molar-refractivity contribution in [2.75, 3.05) is 25.0 Å². The van der Waals surface area contributed by atoms with Crippen molar-refractivity contribution >= 4 is 24.1 Å². The highest BCUT2D eigenvalue weighted by molar-refractivity contribution is 6.30. The molecular formula is C17H21ClN4O4. The first-order chi connectivity index (χ1) is 12.6. The van der Waals surface area contributed by atoms with Crippen molar-refractivity contribution in [2.24, 2.45) is 0 Å². The lowest BCUT2D eigenvalue weighted by molar-refractivity contribution is -0.122. The predicted molar refractivity (Wildman–Crippen MR) is 95.3 cm³/mol. The fourth-order valence-electron chi connectivity index (χ4n) is 3.39. The summed E-state index contributed by atoms with van der Waals surface area (Å²) in [6.45, 7) is 4.14. The van der Waals surface area contributed by atoms with Gasteiger partial charge in [0.05, 0.1) is 12.7 Å². The summed E-state index contributed by atoms with van der Waals surface area (Å²) >= 11 is 5.96. The molecule has 0 amide bonds. The molecule has 0 aliphatic carbocycles. The number of nitrogens with zero attached hydrogens (tertiary/aromatic N) is 3. The van der Waals surface area contributed by atoms with Crippen LogP contribution in [0.4, 0.5) is 6.01 Å². The lowest BCUT2D eigenvalue weighted by Crippen LogP contribution is -2.42. The molecule has 1 aromatic carbocycles. The minimum absolute atomic E-state index is 0.105. The maximum atomic E-state index is 8.36. The van der Waals surface area contributed by atoms with Gasteiger partial charge in [0, 0.05) is 37.1 Å². The molecule has 0 spiro atoms. The zero-order chi connectivity index (χ0) is 18.5. The van der Waals surface area contributed by atoms with Gasteiger partial charge in [-0.3, -0.25) is 9.69 Å². The normalized spacial score (nSPS) is 25.1. The van der Waals surface area contributed by atoms with Crippen LogP contribution >= 0.6 is 11.6 Å². The van der Waals surface area contributed by atoms with Crippen LogP contribution in [0.2, 0.25) is 5.02 Å². The second kappa shape index (κ2) is 8.48. The topological polar surface area (TPSA) is 101 Å². The smallest absolute Gasteiger partial charge is 0.315 e. The Bertz CT molecular complexity index is 724. The van der Waals surface area contributed by atoms with Crippen molar-refractivity contribution in [3.05, 3.63) is 40.7 Å². The molecule has 9 heteroatoms. The zero-order valence-corrected chi connectivity index (χ0v) is 15.1. The maximum Gasteiger partial charge on any atom is 0.315 e. The molecule has 8 nitrogen and oxygen atoms in total. The number of aromatic nitrogens is 2. The van der Waals surface area contributed by atoms with E-state index >= 15 is 0 Å². The Hall–Kier alpha value is -2.16. The highest BCUT2D eigenvalue weighted by atomic mass is 35.5. The van der Waals surface area contributed by atoms with Crippen molar-refractivity contribution in [3.63, 3.8) is 0 Å². The number of nitrogens with one attached hydrogen (secondary N) is 1. The summed E-state index contributed by atoms with van der Waals surface area (Å²) in [5.41, 5.74) is 1.18. The molecule has 2 aromatic rings. The van der Waals surface area contributed by atoms with Gasteiger partial charge in [-0.1, -0.05) is 28.8 Å². The number of ether oxygens (including phenoxy) is 1. The molecule has 2 aliphatic heterocycles. The van der Waals surface area contributed by atoms with Gasteiger partial charge in [0.25, 0.3) is 6.47 Å².